The standard InChI is InChI=1S/C30H33N5O6S/c1-21(2)32-29(37)30(17-20-42(38,39)24-9-4-3-5-10-24)27(25-11-6-7-12-26(25)34-35-31)41-28(33-30)22-13-15-23(16-14-22)40-19-8-18-36/h3-7,9-16,21,27,36H,8,17-20H2,1-2H3,(H,32,37)/t27-,30-/m1/s1. The summed E-state index contributed by atoms with van der Waals surface area (Å²) in [6, 6.07) is 21.3. The molecule has 0 aromatic heterocycles. The summed E-state index contributed by atoms with van der Waals surface area (Å²) in [4.78, 5) is 21.9. The Bertz CT molecular complexity index is 1570. The van der Waals surface area contributed by atoms with Crippen molar-refractivity contribution in [1.29, 1.82) is 0 Å². The second kappa shape index (κ2) is 13.5. The first-order valence-corrected chi connectivity index (χ1v) is 15.2. The lowest BCUT2D eigenvalue weighted by molar-refractivity contribution is -0.129. The Labute approximate surface area is 244 Å². The molecule has 0 unspecified atom stereocenters. The molecule has 0 bridgehead atoms. The van der Waals surface area contributed by atoms with Crippen molar-refractivity contribution in [1.82, 2.24) is 5.32 Å². The third-order valence-electron chi connectivity index (χ3n) is 6.68. The Balaban J connectivity index is 1.82. The smallest absolute Gasteiger partial charge is 0.252 e. The van der Waals surface area contributed by atoms with E-state index in [2.05, 4.69) is 15.3 Å². The Kier molecular flexibility index (Phi) is 9.84. The van der Waals surface area contributed by atoms with Gasteiger partial charge in [0.1, 0.15) is 5.75 Å². The van der Waals surface area contributed by atoms with Crippen LogP contribution in [0.25, 0.3) is 10.4 Å². The minimum Gasteiger partial charge on any atom is -0.494 e. The average Bonchev–Trinajstić information content (AvgIpc) is 3.38. The topological polar surface area (TPSA) is 163 Å². The van der Waals surface area contributed by atoms with E-state index in [1.165, 1.54) is 12.1 Å². The van der Waals surface area contributed by atoms with E-state index in [0.29, 0.717) is 29.9 Å². The highest BCUT2D eigenvalue weighted by molar-refractivity contribution is 7.91. The summed E-state index contributed by atoms with van der Waals surface area (Å²) in [5.74, 6) is -0.191. The average molecular weight is 592 g/mol. The first-order valence-electron chi connectivity index (χ1n) is 13.5. The minimum absolute atomic E-state index is 0.0158. The first kappa shape index (κ1) is 30.6. The van der Waals surface area contributed by atoms with Gasteiger partial charge in [-0.15, -0.1) is 0 Å². The highest BCUT2D eigenvalue weighted by Crippen LogP contribution is 2.46. The van der Waals surface area contributed by atoms with Gasteiger partial charge in [0.25, 0.3) is 5.91 Å². The fourth-order valence-corrected chi connectivity index (χ4v) is 6.01. The molecule has 2 atom stereocenters. The quantitative estimate of drug-likeness (QED) is 0.122. The van der Waals surface area contributed by atoms with E-state index in [0.717, 1.165) is 0 Å². The normalized spacial score (nSPS) is 18.1. The van der Waals surface area contributed by atoms with Crippen LogP contribution >= 0.6 is 0 Å². The Hall–Kier alpha value is -4.38. The molecule has 42 heavy (non-hydrogen) atoms. The zero-order chi connectivity index (χ0) is 30.2. The highest BCUT2D eigenvalue weighted by atomic mass is 32.2. The number of aliphatic hydroxyl groups is 1. The van der Waals surface area contributed by atoms with Crippen LogP contribution in [-0.4, -0.2) is 55.9 Å². The molecule has 1 aliphatic rings. The molecule has 0 radical (unpaired) electrons. The zero-order valence-corrected chi connectivity index (χ0v) is 24.2. The molecule has 11 nitrogen and oxygen atoms in total. The van der Waals surface area contributed by atoms with Crippen molar-refractivity contribution in [2.75, 3.05) is 19.0 Å². The van der Waals surface area contributed by atoms with Gasteiger partial charge in [-0.25, -0.2) is 13.4 Å². The van der Waals surface area contributed by atoms with Crippen LogP contribution in [0.2, 0.25) is 0 Å². The van der Waals surface area contributed by atoms with Crippen molar-refractivity contribution < 1.29 is 27.8 Å². The Morgan fingerprint density at radius 1 is 1.12 bits per heavy atom. The molecule has 3 aromatic carbocycles. The molecule has 220 valence electrons. The van der Waals surface area contributed by atoms with Gasteiger partial charge in [0.05, 0.1) is 17.3 Å². The van der Waals surface area contributed by atoms with E-state index in [4.69, 9.17) is 19.6 Å². The summed E-state index contributed by atoms with van der Waals surface area (Å²) in [5.41, 5.74) is 8.69. The van der Waals surface area contributed by atoms with Gasteiger partial charge in [-0.05, 0) is 55.8 Å². The molecular weight excluding hydrogens is 558 g/mol. The minimum atomic E-state index is -3.79. The number of carbonyl (C=O) groups excluding carboxylic acids is 1. The largest absolute Gasteiger partial charge is 0.494 e. The molecule has 0 spiro atoms. The van der Waals surface area contributed by atoms with E-state index < -0.39 is 27.4 Å². The molecule has 1 aliphatic heterocycles. The highest BCUT2D eigenvalue weighted by Gasteiger charge is 2.54. The van der Waals surface area contributed by atoms with Crippen LogP contribution < -0.4 is 10.1 Å². The maximum atomic E-state index is 14.0. The Morgan fingerprint density at radius 3 is 2.48 bits per heavy atom. The molecule has 0 saturated carbocycles. The number of aliphatic hydroxyl groups excluding tert-OH is 1. The van der Waals surface area contributed by atoms with Gasteiger partial charge in [-0.2, -0.15) is 0 Å². The van der Waals surface area contributed by atoms with Gasteiger partial charge < -0.3 is 19.9 Å². The molecule has 4 rings (SSSR count). The van der Waals surface area contributed by atoms with Crippen LogP contribution in [0, 0.1) is 0 Å². The fraction of sp³-hybridized carbons (Fsp3) is 0.333. The third-order valence-corrected chi connectivity index (χ3v) is 8.41. The fourth-order valence-electron chi connectivity index (χ4n) is 4.62. The van der Waals surface area contributed by atoms with Crippen LogP contribution in [0.3, 0.4) is 0 Å². The second-order valence-electron chi connectivity index (χ2n) is 10.0. The monoisotopic (exact) mass is 591 g/mol. The number of nitrogens with zero attached hydrogens (tertiary/aromatic N) is 4. The SMILES string of the molecule is CC(C)NC(=O)[C@]1(CCS(=O)(=O)c2ccccc2)N=C(c2ccc(OCCCO)cc2)O[C@@H]1c1ccccc1N=[N+]=[N-]. The number of hydrogen-bond donors (Lipinski definition) is 2. The number of benzene rings is 3. The molecule has 0 saturated heterocycles. The van der Waals surface area contributed by atoms with E-state index in [1.54, 1.807) is 80.6 Å². The molecule has 1 amide bonds. The van der Waals surface area contributed by atoms with E-state index in [-0.39, 0.29) is 41.3 Å². The van der Waals surface area contributed by atoms with Crippen LogP contribution in [0.4, 0.5) is 5.69 Å². The molecule has 0 fully saturated rings. The van der Waals surface area contributed by atoms with Crippen molar-refractivity contribution in [3.05, 3.63) is 100 Å². The predicted molar refractivity (Wildman–Crippen MR) is 158 cm³/mol. The zero-order valence-electron chi connectivity index (χ0n) is 23.4. The molecule has 1 heterocycles. The third kappa shape index (κ3) is 6.91. The van der Waals surface area contributed by atoms with Crippen molar-refractivity contribution in [3.63, 3.8) is 0 Å². The van der Waals surface area contributed by atoms with Crippen molar-refractivity contribution >= 4 is 27.3 Å². The van der Waals surface area contributed by atoms with E-state index in [1.807, 2.05) is 0 Å². The predicted octanol–water partition coefficient (Wildman–Crippen LogP) is 5.04. The lowest BCUT2D eigenvalue weighted by Gasteiger charge is -2.32. The van der Waals surface area contributed by atoms with Gasteiger partial charge in [0, 0.05) is 47.2 Å². The summed E-state index contributed by atoms with van der Waals surface area (Å²) in [6.45, 7) is 3.96. The maximum absolute atomic E-state index is 14.0. The van der Waals surface area contributed by atoms with Crippen LogP contribution in [0.5, 0.6) is 5.75 Å². The molecular formula is C30H33N5O6S. The number of hydrogen-bond acceptors (Lipinski definition) is 8. The molecule has 12 heteroatoms. The number of amides is 1. The maximum Gasteiger partial charge on any atom is 0.252 e. The molecule has 3 aromatic rings. The van der Waals surface area contributed by atoms with Gasteiger partial charge in [-0.1, -0.05) is 47.6 Å². The van der Waals surface area contributed by atoms with Gasteiger partial charge >= 0.3 is 0 Å². The summed E-state index contributed by atoms with van der Waals surface area (Å²) in [5, 5.41) is 15.7. The number of nitrogens with one attached hydrogen (secondary N) is 1. The number of carbonyl (C=O) groups is 1. The van der Waals surface area contributed by atoms with Gasteiger partial charge in [-0.3, -0.25) is 4.79 Å². The molecule has 0 aliphatic carbocycles. The van der Waals surface area contributed by atoms with E-state index in [9.17, 15) is 18.7 Å². The summed E-state index contributed by atoms with van der Waals surface area (Å²) in [6.07, 6.45) is -0.813. The number of ether oxygens (including phenoxy) is 2. The van der Waals surface area contributed by atoms with Crippen LogP contribution in [0.1, 0.15) is 43.9 Å². The molecule has 2 N–H and O–H groups in total. The summed E-state index contributed by atoms with van der Waals surface area (Å²) in [7, 11) is -3.79. The first-order chi connectivity index (χ1) is 20.2. The Morgan fingerprint density at radius 2 is 1.81 bits per heavy atom. The van der Waals surface area contributed by atoms with Gasteiger partial charge in [0.15, 0.2) is 21.5 Å². The van der Waals surface area contributed by atoms with Crippen molar-refractivity contribution in [2.24, 2.45) is 10.1 Å². The van der Waals surface area contributed by atoms with Crippen LogP contribution in [-0.2, 0) is 19.4 Å². The number of rotatable bonds is 13. The van der Waals surface area contributed by atoms with Crippen LogP contribution in [0.15, 0.2) is 93.9 Å². The van der Waals surface area contributed by atoms with E-state index >= 15 is 0 Å². The van der Waals surface area contributed by atoms with Gasteiger partial charge in [0.2, 0.25) is 5.90 Å². The van der Waals surface area contributed by atoms with Crippen molar-refractivity contribution in [2.45, 2.75) is 49.3 Å². The summed E-state index contributed by atoms with van der Waals surface area (Å²) >= 11 is 0. The number of sulfone groups is 1. The lowest BCUT2D eigenvalue weighted by Crippen LogP contribution is -2.51. The number of azide groups is 1. The lowest BCUT2D eigenvalue weighted by atomic mass is 9.84. The number of aliphatic imine (C=N–C) groups is 1. The second-order valence-corrected chi connectivity index (χ2v) is 12.2. The summed E-state index contributed by atoms with van der Waals surface area (Å²) < 4.78 is 38.7. The van der Waals surface area contributed by atoms with Crippen molar-refractivity contribution in [3.8, 4) is 5.75 Å².